The highest BCUT2D eigenvalue weighted by molar-refractivity contribution is 5.78. The number of carbonyl (C=O) groups excluding carboxylic acids is 4. The second-order valence-corrected chi connectivity index (χ2v) is 16.9. The van der Waals surface area contributed by atoms with Gasteiger partial charge in [-0.15, -0.1) is 0 Å². The molecule has 2 aliphatic heterocycles. The van der Waals surface area contributed by atoms with Crippen molar-refractivity contribution in [2.45, 2.75) is 140 Å². The fourth-order valence-electron chi connectivity index (χ4n) is 5.40. The molecule has 0 radical (unpaired) electrons. The lowest BCUT2D eigenvalue weighted by Gasteiger charge is -2.51. The highest BCUT2D eigenvalue weighted by atomic mass is 16.7. The molecule has 0 aliphatic carbocycles. The van der Waals surface area contributed by atoms with Gasteiger partial charge in [-0.3, -0.25) is 24.1 Å². The zero-order chi connectivity index (χ0) is 35.7. The third kappa shape index (κ3) is 9.34. The Morgan fingerprint density at radius 3 is 1.66 bits per heavy atom. The number of benzene rings is 1. The minimum Gasteiger partial charge on any atom is -0.462 e. The van der Waals surface area contributed by atoms with E-state index in [0.717, 1.165) is 12.0 Å². The highest BCUT2D eigenvalue weighted by Crippen LogP contribution is 2.40. The zero-order valence-electron chi connectivity index (χ0n) is 30.7. The minimum atomic E-state index is -1.27. The molecule has 0 aromatic heterocycles. The Balaban J connectivity index is 2.23. The van der Waals surface area contributed by atoms with Gasteiger partial charge < -0.3 is 23.7 Å². The lowest BCUT2D eigenvalue weighted by atomic mass is 9.88. The SMILES string of the molecule is CC[C@H]1c2ccccc2CCN1[C@@H]1O[C@H](COC(=O)C(C)(C)C)[C@H](OC(=O)C(C)(C)C)[C@H](OC(=O)C(C)(C)C)[C@H]1OC(=O)C(C)(C)C. The fraction of sp³-hybridized carbons (Fsp3) is 0.730. The van der Waals surface area contributed by atoms with Crippen molar-refractivity contribution in [2.75, 3.05) is 13.2 Å². The molecular weight excluding hydrogens is 602 g/mol. The van der Waals surface area contributed by atoms with E-state index in [1.807, 2.05) is 12.1 Å². The van der Waals surface area contributed by atoms with Crippen LogP contribution >= 0.6 is 0 Å². The molecule has 2 heterocycles. The third-order valence-corrected chi connectivity index (χ3v) is 8.33. The van der Waals surface area contributed by atoms with Gasteiger partial charge in [-0.25, -0.2) is 0 Å². The van der Waals surface area contributed by atoms with Gasteiger partial charge in [0.05, 0.1) is 21.7 Å². The predicted octanol–water partition coefficient (Wildman–Crippen LogP) is 6.18. The molecule has 2 aliphatic rings. The standard InChI is InChI=1S/C37H57NO9/c1-14-24-23-18-16-15-17-22(23)19-20-38(24)29-28(47-33(42)37(11,12)13)27(46-32(41)36(8,9)10)26(45-31(40)35(5,6)7)25(44-29)21-43-30(39)34(2,3)4/h15-18,24-29H,14,19-21H2,1-13H3/t24-,25+,26-,27-,28+,29+/m0/s1. The summed E-state index contributed by atoms with van der Waals surface area (Å²) >= 11 is 0. The summed E-state index contributed by atoms with van der Waals surface area (Å²) in [7, 11) is 0. The smallest absolute Gasteiger partial charge is 0.311 e. The Bertz CT molecular complexity index is 1290. The molecule has 1 aromatic carbocycles. The van der Waals surface area contributed by atoms with Gasteiger partial charge in [0, 0.05) is 12.6 Å². The molecule has 0 unspecified atom stereocenters. The summed E-state index contributed by atoms with van der Waals surface area (Å²) in [6, 6.07) is 8.09. The van der Waals surface area contributed by atoms with Crippen LogP contribution in [-0.4, -0.2) is 72.6 Å². The summed E-state index contributed by atoms with van der Waals surface area (Å²) in [5.74, 6) is -2.15. The van der Waals surface area contributed by atoms with Crippen LogP contribution < -0.4 is 0 Å². The summed E-state index contributed by atoms with van der Waals surface area (Å²) in [4.78, 5) is 55.8. The number of hydrogen-bond acceptors (Lipinski definition) is 10. The molecule has 6 atom stereocenters. The Morgan fingerprint density at radius 2 is 1.17 bits per heavy atom. The van der Waals surface area contributed by atoms with E-state index < -0.39 is 76.2 Å². The summed E-state index contributed by atoms with van der Waals surface area (Å²) in [6.45, 7) is 23.1. The van der Waals surface area contributed by atoms with Gasteiger partial charge in [0.15, 0.2) is 24.5 Å². The summed E-state index contributed by atoms with van der Waals surface area (Å²) < 4.78 is 31.2. The van der Waals surface area contributed by atoms with Crippen LogP contribution in [0.4, 0.5) is 0 Å². The first-order valence-corrected chi connectivity index (χ1v) is 16.8. The molecule has 1 saturated heterocycles. The second kappa shape index (κ2) is 14.2. The number of carbonyl (C=O) groups is 4. The summed E-state index contributed by atoms with van der Waals surface area (Å²) in [6.07, 6.45) is -4.26. The third-order valence-electron chi connectivity index (χ3n) is 8.33. The Morgan fingerprint density at radius 1 is 0.702 bits per heavy atom. The molecule has 0 N–H and O–H groups in total. The Hall–Kier alpha value is -2.98. The van der Waals surface area contributed by atoms with Gasteiger partial charge in [-0.2, -0.15) is 0 Å². The van der Waals surface area contributed by atoms with E-state index in [9.17, 15) is 19.2 Å². The van der Waals surface area contributed by atoms with Crippen molar-refractivity contribution < 1.29 is 42.9 Å². The van der Waals surface area contributed by atoms with Crippen molar-refractivity contribution in [1.29, 1.82) is 0 Å². The number of esters is 4. The average Bonchev–Trinajstić information content (AvgIpc) is 2.95. The first-order chi connectivity index (χ1) is 21.5. The van der Waals surface area contributed by atoms with Crippen molar-refractivity contribution in [3.8, 4) is 0 Å². The molecule has 0 bridgehead atoms. The van der Waals surface area contributed by atoms with Crippen LogP contribution in [0, 0.1) is 21.7 Å². The van der Waals surface area contributed by atoms with E-state index in [1.54, 1.807) is 83.1 Å². The summed E-state index contributed by atoms with van der Waals surface area (Å²) in [5, 5.41) is 0. The topological polar surface area (TPSA) is 118 Å². The molecule has 0 spiro atoms. The van der Waals surface area contributed by atoms with Crippen LogP contribution in [0.3, 0.4) is 0 Å². The molecule has 10 nitrogen and oxygen atoms in total. The maximum atomic E-state index is 13.6. The first kappa shape index (κ1) is 38.5. The van der Waals surface area contributed by atoms with Gasteiger partial charge in [-0.1, -0.05) is 31.2 Å². The molecule has 47 heavy (non-hydrogen) atoms. The van der Waals surface area contributed by atoms with Crippen LogP contribution in [-0.2, 0) is 49.3 Å². The van der Waals surface area contributed by atoms with Crippen LogP contribution in [0.25, 0.3) is 0 Å². The molecule has 1 fully saturated rings. The van der Waals surface area contributed by atoms with Gasteiger partial charge in [0.25, 0.3) is 0 Å². The quantitative estimate of drug-likeness (QED) is 0.248. The lowest BCUT2D eigenvalue weighted by molar-refractivity contribution is -0.289. The van der Waals surface area contributed by atoms with Crippen LogP contribution in [0.1, 0.15) is 114 Å². The van der Waals surface area contributed by atoms with Crippen LogP contribution in [0.5, 0.6) is 0 Å². The van der Waals surface area contributed by atoms with E-state index in [4.69, 9.17) is 23.7 Å². The molecule has 0 saturated carbocycles. The van der Waals surface area contributed by atoms with E-state index in [0.29, 0.717) is 13.0 Å². The number of hydrogen-bond donors (Lipinski definition) is 0. The largest absolute Gasteiger partial charge is 0.462 e. The van der Waals surface area contributed by atoms with Crippen LogP contribution in [0.2, 0.25) is 0 Å². The average molecular weight is 660 g/mol. The highest BCUT2D eigenvalue weighted by Gasteiger charge is 2.57. The molecule has 0 amide bonds. The number of nitrogens with zero attached hydrogens (tertiary/aromatic N) is 1. The van der Waals surface area contributed by atoms with Crippen molar-refractivity contribution in [3.05, 3.63) is 35.4 Å². The molecule has 3 rings (SSSR count). The predicted molar refractivity (Wildman–Crippen MR) is 177 cm³/mol. The van der Waals surface area contributed by atoms with Gasteiger partial charge in [0.1, 0.15) is 12.7 Å². The second-order valence-electron chi connectivity index (χ2n) is 16.9. The Labute approximate surface area is 281 Å². The maximum absolute atomic E-state index is 13.6. The van der Waals surface area contributed by atoms with Crippen molar-refractivity contribution in [2.24, 2.45) is 21.7 Å². The normalized spacial score (nSPS) is 25.7. The van der Waals surface area contributed by atoms with Crippen LogP contribution in [0.15, 0.2) is 24.3 Å². The van der Waals surface area contributed by atoms with Crippen molar-refractivity contribution >= 4 is 23.9 Å². The van der Waals surface area contributed by atoms with Crippen molar-refractivity contribution in [3.63, 3.8) is 0 Å². The summed E-state index contributed by atoms with van der Waals surface area (Å²) in [5.41, 5.74) is -1.22. The fourth-order valence-corrected chi connectivity index (χ4v) is 5.40. The van der Waals surface area contributed by atoms with Gasteiger partial charge >= 0.3 is 23.9 Å². The molecule has 1 aromatic rings. The molecular formula is C37H57NO9. The van der Waals surface area contributed by atoms with Crippen molar-refractivity contribution in [1.82, 2.24) is 4.90 Å². The van der Waals surface area contributed by atoms with E-state index >= 15 is 0 Å². The minimum absolute atomic E-state index is 0.119. The molecule has 10 heteroatoms. The molecule has 264 valence electrons. The number of ether oxygens (including phenoxy) is 5. The van der Waals surface area contributed by atoms with E-state index in [1.165, 1.54) is 5.56 Å². The maximum Gasteiger partial charge on any atom is 0.311 e. The van der Waals surface area contributed by atoms with E-state index in [2.05, 4.69) is 24.0 Å². The first-order valence-electron chi connectivity index (χ1n) is 16.8. The van der Waals surface area contributed by atoms with E-state index in [-0.39, 0.29) is 12.6 Å². The monoisotopic (exact) mass is 659 g/mol. The Kier molecular flexibility index (Phi) is 11.7. The number of fused-ring (bicyclic) bond motifs is 1. The number of rotatable bonds is 7. The van der Waals surface area contributed by atoms with Gasteiger partial charge in [-0.05, 0) is 107 Å². The lowest BCUT2D eigenvalue weighted by Crippen LogP contribution is -2.67. The van der Waals surface area contributed by atoms with Gasteiger partial charge in [0.2, 0.25) is 0 Å². The zero-order valence-corrected chi connectivity index (χ0v) is 30.7.